The molecule has 14 nitrogen and oxygen atoms in total. The molecule has 0 amide bonds. The zero-order chi connectivity index (χ0) is 65.3. The SMILES string of the molecule is OC[C@H]1O[C@H](Sc2c(F)c(F)c(/C3=c4\cc/c([nH]4)=C(\c4c(F)c(F)c(F)c(F)c4F)C4=NC(C=C4)C(c4c(F)c(F)c(F)c(F)c4F)c4ccc([nH]4)/C(c4c(F)c(F)c(S[C@H]5O[C@H](CO)[C@@H](O)[C@H](O)[C@@H]5O)c(F)c4F)=C4/C=CC3=N4)c(F)c2F)[C@@H](O)[C@@H](O)C1O. The molecule has 7 heterocycles. The third-order valence-electron chi connectivity index (χ3n) is 15.2. The van der Waals surface area contributed by atoms with Crippen LogP contribution in [0.2, 0.25) is 0 Å². The van der Waals surface area contributed by atoms with Gasteiger partial charge in [0.1, 0.15) is 59.7 Å². The summed E-state index contributed by atoms with van der Waals surface area (Å²) in [5, 5.41) is 79.9. The lowest BCUT2D eigenvalue weighted by Gasteiger charge is -2.39. The van der Waals surface area contributed by atoms with Crippen LogP contribution in [-0.4, -0.2) is 141 Å². The first-order valence-corrected chi connectivity index (χ1v) is 27.4. The summed E-state index contributed by atoms with van der Waals surface area (Å²) in [6.07, 6.45) is -14.1. The summed E-state index contributed by atoms with van der Waals surface area (Å²) in [6, 6.07) is 0.393. The highest BCUT2D eigenvalue weighted by Gasteiger charge is 2.48. The molecule has 5 aliphatic heterocycles. The van der Waals surface area contributed by atoms with Crippen LogP contribution >= 0.6 is 23.5 Å². The van der Waals surface area contributed by atoms with Gasteiger partial charge in [-0.25, -0.2) is 84.0 Å². The molecule has 4 aromatic carbocycles. The monoisotopic (exact) mass is 1330 g/mol. The summed E-state index contributed by atoms with van der Waals surface area (Å²) in [7, 11) is 0. The van der Waals surface area contributed by atoms with Crippen LogP contribution in [0.3, 0.4) is 0 Å². The van der Waals surface area contributed by atoms with E-state index in [0.29, 0.717) is 48.6 Å². The Hall–Kier alpha value is -7.22. The number of H-pyrrole nitrogens is 2. The summed E-state index contributed by atoms with van der Waals surface area (Å²) in [5.74, 6) is -48.2. The van der Waals surface area contributed by atoms with Gasteiger partial charge in [0, 0.05) is 44.4 Å². The van der Waals surface area contributed by atoms with E-state index in [4.69, 9.17) is 9.47 Å². The maximum absolute atomic E-state index is 17.2. The standard InChI is InChI=1S/C56H34F18N4O10S2/c57-29-25(30(58)38(66)41(69)37(29)65)21-11-1-2-12(75-11)22(26-31(59)39(67)42(70)40(68)32(26)60)14-4-6-16(77-14)24(28-35(63)45(73)54(46(74)36(28)64)90-56-52(86)50(84)48(82)20(10-80)88-56)18-8-7-17(78-18)23(15-5-3-13(21)76-15)27-33(61)43(71)53(44(72)34(27)62)89-55-51(85)49(83)47(81)19(9-79)87-55/h1-8,11,19-21,47-52,55-56,76-77,79-86H,9-10H2/b22-14+,23-17+,24-16+/t11?,19-,20-,21?,47-,48?,49+,50+,51+,52+,55-,56-/m1/s1. The number of hydrogen-bond acceptors (Lipinski definition) is 14. The van der Waals surface area contributed by atoms with Crippen molar-refractivity contribution in [3.63, 3.8) is 0 Å². The molecule has 2 saturated heterocycles. The number of rotatable bonds is 10. The van der Waals surface area contributed by atoms with E-state index in [-0.39, 0.29) is 23.5 Å². The first kappa shape index (κ1) is 64.3. The fourth-order valence-electron chi connectivity index (χ4n) is 10.7. The third kappa shape index (κ3) is 10.2. The number of aromatic nitrogens is 2. The molecule has 34 heteroatoms. The summed E-state index contributed by atoms with van der Waals surface area (Å²) in [4.78, 5) is 9.59. The van der Waals surface area contributed by atoms with Gasteiger partial charge in [-0.2, -0.15) is 0 Å². The van der Waals surface area contributed by atoms with E-state index in [1.807, 2.05) is 0 Å². The minimum atomic E-state index is -2.74. The number of aliphatic hydroxyl groups excluding tert-OH is 8. The van der Waals surface area contributed by atoms with Crippen LogP contribution in [0.1, 0.15) is 39.6 Å². The number of nitrogens with one attached hydrogen (secondary N) is 2. The van der Waals surface area contributed by atoms with Crippen LogP contribution < -0.4 is 10.7 Å². The zero-order valence-electron chi connectivity index (χ0n) is 43.9. The smallest absolute Gasteiger partial charge is 0.200 e. The van der Waals surface area contributed by atoms with E-state index >= 15 is 70.2 Å². The van der Waals surface area contributed by atoms with E-state index < -0.39 is 278 Å². The number of ether oxygens (including phenoxy) is 2. The number of fused-ring (bicyclic) bond motifs is 6. The van der Waals surface area contributed by atoms with E-state index in [9.17, 15) is 49.6 Å². The Morgan fingerprint density at radius 2 is 0.811 bits per heavy atom. The molecule has 0 saturated carbocycles. The van der Waals surface area contributed by atoms with Crippen molar-refractivity contribution < 1.29 is 129 Å². The van der Waals surface area contributed by atoms with Gasteiger partial charge in [-0.1, -0.05) is 29.6 Å². The van der Waals surface area contributed by atoms with Crippen molar-refractivity contribution >= 4 is 51.7 Å². The van der Waals surface area contributed by atoms with Crippen molar-refractivity contribution in [2.24, 2.45) is 9.98 Å². The Balaban J connectivity index is 1.23. The van der Waals surface area contributed by atoms with Gasteiger partial charge in [0.25, 0.3) is 0 Å². The van der Waals surface area contributed by atoms with E-state index in [1.165, 1.54) is 0 Å². The second kappa shape index (κ2) is 24.1. The van der Waals surface area contributed by atoms with Crippen molar-refractivity contribution in [2.45, 2.75) is 81.5 Å². The van der Waals surface area contributed by atoms with Gasteiger partial charge in [-0.3, -0.25) is 4.99 Å². The largest absolute Gasteiger partial charge is 0.394 e. The highest BCUT2D eigenvalue weighted by molar-refractivity contribution is 8.00. The molecule has 8 bridgehead atoms. The van der Waals surface area contributed by atoms with Crippen molar-refractivity contribution in [1.29, 1.82) is 0 Å². The number of hydrogen-bond donors (Lipinski definition) is 10. The minimum absolute atomic E-state index is 0.339. The van der Waals surface area contributed by atoms with Crippen LogP contribution in [-0.2, 0) is 9.47 Å². The molecule has 0 radical (unpaired) electrons. The molecule has 0 spiro atoms. The minimum Gasteiger partial charge on any atom is -0.394 e. The van der Waals surface area contributed by atoms with Crippen LogP contribution in [0.15, 0.2) is 74.0 Å². The molecule has 0 aliphatic carbocycles. The molecular weight excluding hydrogens is 1290 g/mol. The van der Waals surface area contributed by atoms with Crippen LogP contribution in [0.4, 0.5) is 79.0 Å². The Labute approximate surface area is 497 Å². The van der Waals surface area contributed by atoms with Gasteiger partial charge in [0.05, 0.1) is 68.8 Å². The topological polar surface area (TPSA) is 237 Å². The predicted octanol–water partition coefficient (Wildman–Crippen LogP) is 6.02. The number of aliphatic imine (C=N–C) groups is 2. The van der Waals surface area contributed by atoms with Crippen molar-refractivity contribution in [3.8, 4) is 0 Å². The lowest BCUT2D eigenvalue weighted by molar-refractivity contribution is -0.205. The molecule has 5 aliphatic rings. The number of aliphatic hydroxyl groups is 8. The van der Waals surface area contributed by atoms with Crippen LogP contribution in [0.25, 0.3) is 16.7 Å². The molecule has 6 aromatic rings. The van der Waals surface area contributed by atoms with Crippen molar-refractivity contribution in [1.82, 2.24) is 9.97 Å². The van der Waals surface area contributed by atoms with E-state index in [0.717, 1.165) is 0 Å². The molecule has 90 heavy (non-hydrogen) atoms. The second-order valence-corrected chi connectivity index (χ2v) is 22.5. The summed E-state index contributed by atoms with van der Waals surface area (Å²) in [5.41, 5.74) is -20.5. The molecule has 476 valence electrons. The molecule has 2 fully saturated rings. The van der Waals surface area contributed by atoms with Gasteiger partial charge in [0.15, 0.2) is 93.1 Å². The fourth-order valence-corrected chi connectivity index (χ4v) is 12.9. The highest BCUT2D eigenvalue weighted by atomic mass is 32.2. The average molecular weight is 1330 g/mol. The summed E-state index contributed by atoms with van der Waals surface area (Å²) >= 11 is -0.680. The number of halogens is 18. The first-order chi connectivity index (χ1) is 42.6. The van der Waals surface area contributed by atoms with E-state index in [2.05, 4.69) is 20.0 Å². The summed E-state index contributed by atoms with van der Waals surface area (Å²) in [6.45, 7) is -2.20. The first-order valence-electron chi connectivity index (χ1n) is 25.7. The van der Waals surface area contributed by atoms with Gasteiger partial charge in [-0.15, -0.1) is 0 Å². The van der Waals surface area contributed by atoms with Crippen molar-refractivity contribution in [3.05, 3.63) is 203 Å². The lowest BCUT2D eigenvalue weighted by Crippen LogP contribution is -2.57. The van der Waals surface area contributed by atoms with Gasteiger partial charge >= 0.3 is 0 Å². The summed E-state index contributed by atoms with van der Waals surface area (Å²) < 4.78 is 301. The third-order valence-corrected chi connectivity index (χ3v) is 17.6. The average Bonchev–Trinajstić information content (AvgIpc) is 1.43. The molecular formula is C56H34F18N4O10S2. The second-order valence-electron chi connectivity index (χ2n) is 20.3. The predicted molar refractivity (Wildman–Crippen MR) is 275 cm³/mol. The fraction of sp³-hybridized carbons (Fsp3) is 0.250. The Morgan fingerprint density at radius 3 is 1.26 bits per heavy atom. The normalized spacial score (nSPS) is 27.9. The number of allylic oxidation sites excluding steroid dienone is 3. The quantitative estimate of drug-likeness (QED) is 0.0431. The molecule has 2 aromatic heterocycles. The lowest BCUT2D eigenvalue weighted by atomic mass is 9.88. The highest BCUT2D eigenvalue weighted by Crippen LogP contribution is 2.46. The van der Waals surface area contributed by atoms with E-state index in [1.54, 1.807) is 0 Å². The van der Waals surface area contributed by atoms with Crippen LogP contribution in [0.5, 0.6) is 0 Å². The zero-order valence-corrected chi connectivity index (χ0v) is 45.5. The molecule has 11 rings (SSSR count). The number of aromatic amines is 2. The molecule has 10 N–H and O–H groups in total. The number of thioether (sulfide) groups is 2. The Morgan fingerprint density at radius 1 is 0.411 bits per heavy atom. The maximum atomic E-state index is 17.2. The maximum Gasteiger partial charge on any atom is 0.200 e. The molecule has 12 atom stereocenters. The van der Waals surface area contributed by atoms with Crippen LogP contribution in [0, 0.1) is 105 Å². The molecule has 3 unspecified atom stereocenters. The van der Waals surface area contributed by atoms with Gasteiger partial charge < -0.3 is 60.3 Å². The van der Waals surface area contributed by atoms with Gasteiger partial charge in [-0.05, 0) is 42.5 Å². The Bertz CT molecular complexity index is 4210. The Kier molecular flexibility index (Phi) is 17.2. The number of benzene rings is 4. The van der Waals surface area contributed by atoms with Crippen molar-refractivity contribution in [2.75, 3.05) is 13.2 Å². The number of nitrogens with zero attached hydrogens (tertiary/aromatic N) is 2. The van der Waals surface area contributed by atoms with Gasteiger partial charge in [0.2, 0.25) is 11.6 Å².